The van der Waals surface area contributed by atoms with Crippen molar-refractivity contribution in [1.82, 2.24) is 4.98 Å². The van der Waals surface area contributed by atoms with E-state index in [0.717, 1.165) is 0 Å². The van der Waals surface area contributed by atoms with Gasteiger partial charge in [0.2, 0.25) is 0 Å². The second-order valence-electron chi connectivity index (χ2n) is 3.21. The van der Waals surface area contributed by atoms with Gasteiger partial charge in [-0.1, -0.05) is 6.07 Å². The van der Waals surface area contributed by atoms with E-state index >= 15 is 0 Å². The van der Waals surface area contributed by atoms with Gasteiger partial charge >= 0.3 is 12.1 Å². The molecule has 0 spiro atoms. The Morgan fingerprint density at radius 2 is 1.94 bits per heavy atom. The van der Waals surface area contributed by atoms with Crippen molar-refractivity contribution in [2.75, 3.05) is 0 Å². The highest BCUT2D eigenvalue weighted by Crippen LogP contribution is 2.26. The minimum Gasteiger partial charge on any atom is -0.419 e. The van der Waals surface area contributed by atoms with Crippen molar-refractivity contribution >= 4 is 16.9 Å². The van der Waals surface area contributed by atoms with Crippen LogP contribution in [0.15, 0.2) is 36.5 Å². The van der Waals surface area contributed by atoms with Crippen molar-refractivity contribution in [1.29, 1.82) is 0 Å². The highest BCUT2D eigenvalue weighted by Gasteiger charge is 2.41. The Morgan fingerprint density at radius 3 is 2.65 bits per heavy atom. The Kier molecular flexibility index (Phi) is 2.71. The molecule has 2 aromatic rings. The van der Waals surface area contributed by atoms with E-state index in [0.29, 0.717) is 10.9 Å². The predicted octanol–water partition coefficient (Wildman–Crippen LogP) is 2.70. The molecule has 17 heavy (non-hydrogen) atoms. The molecule has 1 aromatic heterocycles. The fraction of sp³-hybridized carbons (Fsp3) is 0.0909. The molecule has 2 rings (SSSR count). The van der Waals surface area contributed by atoms with Crippen LogP contribution >= 0.6 is 0 Å². The SMILES string of the molecule is O=C(Oc1cccc2ncccc12)C(F)(F)F. The van der Waals surface area contributed by atoms with Crippen LogP contribution < -0.4 is 4.74 Å². The van der Waals surface area contributed by atoms with Gasteiger partial charge in [0, 0.05) is 11.6 Å². The summed E-state index contributed by atoms with van der Waals surface area (Å²) in [6.45, 7) is 0. The zero-order valence-corrected chi connectivity index (χ0v) is 8.36. The maximum Gasteiger partial charge on any atom is 0.491 e. The normalized spacial score (nSPS) is 11.5. The highest BCUT2D eigenvalue weighted by atomic mass is 19.4. The second kappa shape index (κ2) is 4.04. The summed E-state index contributed by atoms with van der Waals surface area (Å²) in [7, 11) is 0. The fourth-order valence-corrected chi connectivity index (χ4v) is 1.32. The van der Waals surface area contributed by atoms with Crippen LogP contribution in [0.1, 0.15) is 0 Å². The van der Waals surface area contributed by atoms with Gasteiger partial charge in [-0.25, -0.2) is 4.79 Å². The third-order valence-corrected chi connectivity index (χ3v) is 2.04. The monoisotopic (exact) mass is 241 g/mol. The number of pyridine rings is 1. The molecule has 0 atom stereocenters. The molecule has 0 fully saturated rings. The average Bonchev–Trinajstić information content (AvgIpc) is 2.28. The van der Waals surface area contributed by atoms with Gasteiger partial charge in [0.1, 0.15) is 5.75 Å². The van der Waals surface area contributed by atoms with E-state index in [2.05, 4.69) is 9.72 Å². The number of alkyl halides is 3. The number of halogens is 3. The van der Waals surface area contributed by atoms with Crippen LogP contribution in [-0.4, -0.2) is 17.1 Å². The van der Waals surface area contributed by atoms with Crippen molar-refractivity contribution < 1.29 is 22.7 Å². The lowest BCUT2D eigenvalue weighted by molar-refractivity contribution is -0.189. The second-order valence-corrected chi connectivity index (χ2v) is 3.21. The summed E-state index contributed by atoms with van der Waals surface area (Å²) in [5.74, 6) is -2.40. The molecule has 0 saturated carbocycles. The van der Waals surface area contributed by atoms with Gasteiger partial charge in [-0.3, -0.25) is 4.98 Å². The molecule has 0 amide bonds. The zero-order valence-electron chi connectivity index (χ0n) is 8.36. The van der Waals surface area contributed by atoms with Gasteiger partial charge in [-0.2, -0.15) is 13.2 Å². The van der Waals surface area contributed by atoms with Gasteiger partial charge in [0.25, 0.3) is 0 Å². The minimum absolute atomic E-state index is 0.155. The standard InChI is InChI=1S/C11H6F3NO2/c12-11(13,14)10(16)17-9-5-1-4-8-7(9)3-2-6-15-8/h1-6H. The summed E-state index contributed by atoms with van der Waals surface area (Å²) in [4.78, 5) is 14.6. The van der Waals surface area contributed by atoms with E-state index in [4.69, 9.17) is 0 Å². The van der Waals surface area contributed by atoms with E-state index in [1.807, 2.05) is 0 Å². The van der Waals surface area contributed by atoms with E-state index < -0.39 is 12.1 Å². The fourth-order valence-electron chi connectivity index (χ4n) is 1.32. The van der Waals surface area contributed by atoms with Crippen molar-refractivity contribution in [3.05, 3.63) is 36.5 Å². The van der Waals surface area contributed by atoms with E-state index in [1.54, 1.807) is 12.1 Å². The molecule has 0 bridgehead atoms. The lowest BCUT2D eigenvalue weighted by Crippen LogP contribution is -2.28. The maximum atomic E-state index is 12.0. The highest BCUT2D eigenvalue weighted by molar-refractivity contribution is 5.88. The van der Waals surface area contributed by atoms with Gasteiger partial charge in [-0.15, -0.1) is 0 Å². The van der Waals surface area contributed by atoms with Crippen molar-refractivity contribution in [2.24, 2.45) is 0 Å². The van der Waals surface area contributed by atoms with Crippen LogP contribution in [0.4, 0.5) is 13.2 Å². The number of hydrogen-bond donors (Lipinski definition) is 0. The van der Waals surface area contributed by atoms with Gasteiger partial charge in [-0.05, 0) is 24.3 Å². The summed E-state index contributed by atoms with van der Waals surface area (Å²) in [5.41, 5.74) is 0.458. The number of nitrogens with zero attached hydrogens (tertiary/aromatic N) is 1. The summed E-state index contributed by atoms with van der Waals surface area (Å²) in [6.07, 6.45) is -3.51. The third kappa shape index (κ3) is 2.35. The molecule has 6 heteroatoms. The molecule has 0 aliphatic rings. The van der Waals surface area contributed by atoms with Crippen LogP contribution in [0.25, 0.3) is 10.9 Å². The first-order chi connectivity index (χ1) is 7.98. The number of carbonyl (C=O) groups is 1. The smallest absolute Gasteiger partial charge is 0.419 e. The molecule has 0 aliphatic heterocycles. The van der Waals surface area contributed by atoms with Crippen LogP contribution in [0.5, 0.6) is 5.75 Å². The minimum atomic E-state index is -5.01. The van der Waals surface area contributed by atoms with E-state index in [9.17, 15) is 18.0 Å². The molecule has 1 aromatic carbocycles. The van der Waals surface area contributed by atoms with Crippen LogP contribution in [-0.2, 0) is 4.79 Å². The summed E-state index contributed by atoms with van der Waals surface area (Å²) in [5, 5.41) is 0.354. The largest absolute Gasteiger partial charge is 0.491 e. The molecule has 0 aliphatic carbocycles. The Balaban J connectivity index is 2.40. The van der Waals surface area contributed by atoms with Crippen molar-refractivity contribution in [3.8, 4) is 5.75 Å². The molecule has 88 valence electrons. The molecular formula is C11H6F3NO2. The lowest BCUT2D eigenvalue weighted by atomic mass is 10.2. The first-order valence-electron chi connectivity index (χ1n) is 4.61. The number of carbonyl (C=O) groups excluding carboxylic acids is 1. The molecule has 0 radical (unpaired) electrons. The third-order valence-electron chi connectivity index (χ3n) is 2.04. The Bertz CT molecular complexity index is 561. The number of fused-ring (bicyclic) bond motifs is 1. The number of ether oxygens (including phenoxy) is 1. The predicted molar refractivity (Wildman–Crippen MR) is 53.4 cm³/mol. The van der Waals surface area contributed by atoms with E-state index in [-0.39, 0.29) is 5.75 Å². The average molecular weight is 241 g/mol. The number of esters is 1. The molecule has 1 heterocycles. The Labute approximate surface area is 93.8 Å². The molecule has 0 unspecified atom stereocenters. The van der Waals surface area contributed by atoms with Crippen LogP contribution in [0.2, 0.25) is 0 Å². The van der Waals surface area contributed by atoms with Gasteiger partial charge < -0.3 is 4.74 Å². The Hall–Kier alpha value is -2.11. The maximum absolute atomic E-state index is 12.0. The summed E-state index contributed by atoms with van der Waals surface area (Å²) >= 11 is 0. The first-order valence-corrected chi connectivity index (χ1v) is 4.61. The quantitative estimate of drug-likeness (QED) is 0.569. The van der Waals surface area contributed by atoms with Crippen molar-refractivity contribution in [2.45, 2.75) is 6.18 Å². The topological polar surface area (TPSA) is 39.2 Å². The molecule has 3 nitrogen and oxygen atoms in total. The van der Waals surface area contributed by atoms with E-state index in [1.165, 1.54) is 24.4 Å². The number of benzene rings is 1. The number of hydrogen-bond acceptors (Lipinski definition) is 3. The first kappa shape index (κ1) is 11.4. The zero-order chi connectivity index (χ0) is 12.5. The summed E-state index contributed by atoms with van der Waals surface area (Å²) in [6, 6.07) is 7.44. The van der Waals surface area contributed by atoms with Crippen molar-refractivity contribution in [3.63, 3.8) is 0 Å². The molecular weight excluding hydrogens is 235 g/mol. The summed E-state index contributed by atoms with van der Waals surface area (Å²) < 4.78 is 40.4. The number of aromatic nitrogens is 1. The van der Waals surface area contributed by atoms with Gasteiger partial charge in [0.05, 0.1) is 5.52 Å². The lowest BCUT2D eigenvalue weighted by Gasteiger charge is -2.08. The Morgan fingerprint density at radius 1 is 1.18 bits per heavy atom. The van der Waals surface area contributed by atoms with Crippen LogP contribution in [0.3, 0.4) is 0 Å². The molecule has 0 N–H and O–H groups in total. The number of rotatable bonds is 1. The molecule has 0 saturated heterocycles. The van der Waals surface area contributed by atoms with Crippen LogP contribution in [0, 0.1) is 0 Å². The van der Waals surface area contributed by atoms with Gasteiger partial charge in [0.15, 0.2) is 0 Å².